The number of nitrogens with one attached hydrogen (secondary N) is 3. The van der Waals surface area contributed by atoms with Crippen molar-refractivity contribution in [3.05, 3.63) is 47.5 Å². The number of hydrogen-bond acceptors (Lipinski definition) is 6. The summed E-state index contributed by atoms with van der Waals surface area (Å²) in [5, 5.41) is 18.0. The van der Waals surface area contributed by atoms with Crippen LogP contribution in [0.5, 0.6) is 0 Å². The summed E-state index contributed by atoms with van der Waals surface area (Å²) in [4.78, 5) is 20.4. The summed E-state index contributed by atoms with van der Waals surface area (Å²) in [6, 6.07) is 1.34. The Bertz CT molecular complexity index is 1120. The van der Waals surface area contributed by atoms with Gasteiger partial charge in [-0.15, -0.1) is 0 Å². The van der Waals surface area contributed by atoms with Crippen LogP contribution in [0.2, 0.25) is 0 Å². The molecular weight excluding hydrogens is 489 g/mol. The molecule has 198 valence electrons. The van der Waals surface area contributed by atoms with Crippen LogP contribution in [-0.4, -0.2) is 40.4 Å². The van der Waals surface area contributed by atoms with Gasteiger partial charge < -0.3 is 25.5 Å². The first-order valence-corrected chi connectivity index (χ1v) is 11.2. The first kappa shape index (κ1) is 28.8. The fourth-order valence-electron chi connectivity index (χ4n) is 3.24. The number of aryl methyl sites for hydroxylation is 1. The number of aromatic nitrogens is 2. The van der Waals surface area contributed by atoms with Crippen LogP contribution in [0, 0.1) is 24.5 Å². The number of aliphatic hydroxyl groups is 1. The monoisotopic (exact) mass is 517 g/mol. The number of rotatable bonds is 7. The van der Waals surface area contributed by atoms with Crippen molar-refractivity contribution in [2.75, 3.05) is 17.2 Å². The lowest BCUT2D eigenvalue weighted by molar-refractivity contribution is 0.00818. The van der Waals surface area contributed by atoms with Crippen molar-refractivity contribution >= 4 is 28.6 Å². The van der Waals surface area contributed by atoms with E-state index < -0.39 is 24.3 Å². The Kier molecular flexibility index (Phi) is 10.8. The van der Waals surface area contributed by atoms with E-state index in [4.69, 9.17) is 4.42 Å². The maximum absolute atomic E-state index is 13.8. The highest BCUT2D eigenvalue weighted by Crippen LogP contribution is 2.33. The van der Waals surface area contributed by atoms with Crippen molar-refractivity contribution in [1.82, 2.24) is 15.3 Å². The van der Waals surface area contributed by atoms with E-state index in [0.29, 0.717) is 34.3 Å². The fourth-order valence-corrected chi connectivity index (χ4v) is 3.24. The number of halogens is 5. The van der Waals surface area contributed by atoms with Gasteiger partial charge in [0.25, 0.3) is 0 Å². The van der Waals surface area contributed by atoms with E-state index in [1.54, 1.807) is 6.92 Å². The molecule has 4 N–H and O–H groups in total. The van der Waals surface area contributed by atoms with E-state index in [1.165, 1.54) is 18.5 Å². The smallest absolute Gasteiger partial charge is 0.379 e. The predicted molar refractivity (Wildman–Crippen MR) is 124 cm³/mol. The molecule has 2 amide bonds. The molecule has 0 bridgehead atoms. The molecule has 1 fully saturated rings. The van der Waals surface area contributed by atoms with Gasteiger partial charge in [-0.05, 0) is 31.7 Å². The predicted octanol–water partition coefficient (Wildman–Crippen LogP) is 5.52. The Morgan fingerprint density at radius 1 is 1.17 bits per heavy atom. The van der Waals surface area contributed by atoms with Gasteiger partial charge in [-0.25, -0.2) is 23.5 Å². The third-order valence-corrected chi connectivity index (χ3v) is 5.08. The van der Waals surface area contributed by atoms with Crippen LogP contribution >= 0.6 is 0 Å². The van der Waals surface area contributed by atoms with Crippen LogP contribution in [-0.2, 0) is 6.54 Å². The average molecular weight is 517 g/mol. The molecule has 36 heavy (non-hydrogen) atoms. The maximum Gasteiger partial charge on any atom is 0.379 e. The van der Waals surface area contributed by atoms with Gasteiger partial charge in [-0.2, -0.15) is 13.2 Å². The van der Waals surface area contributed by atoms with Gasteiger partial charge in [0.1, 0.15) is 11.6 Å². The molecule has 1 aliphatic rings. The number of urea groups is 1. The topological polar surface area (TPSA) is 112 Å². The van der Waals surface area contributed by atoms with E-state index in [0.717, 1.165) is 18.9 Å². The normalized spacial score (nSPS) is 13.3. The zero-order valence-corrected chi connectivity index (χ0v) is 19.9. The van der Waals surface area contributed by atoms with Crippen molar-refractivity contribution in [2.45, 2.75) is 52.9 Å². The highest BCUT2D eigenvalue weighted by Gasteiger charge is 2.31. The molecule has 0 radical (unpaired) electrons. The number of fused-ring (bicyclic) bond motifs is 1. The van der Waals surface area contributed by atoms with Crippen molar-refractivity contribution in [3.63, 3.8) is 0 Å². The number of benzene rings is 1. The third-order valence-electron chi connectivity index (χ3n) is 5.08. The third kappa shape index (κ3) is 8.33. The highest BCUT2D eigenvalue weighted by atomic mass is 19.4. The summed E-state index contributed by atoms with van der Waals surface area (Å²) >= 11 is 0. The Hall–Kier alpha value is -3.48. The van der Waals surface area contributed by atoms with Gasteiger partial charge in [-0.3, -0.25) is 0 Å². The Morgan fingerprint density at radius 3 is 2.33 bits per heavy atom. The minimum atomic E-state index is -3.67. The average Bonchev–Trinajstić information content (AvgIpc) is 3.63. The van der Waals surface area contributed by atoms with Gasteiger partial charge in [0.05, 0.1) is 37.3 Å². The standard InChI is InChI=1S/C20H21F2N5O3.C2H6.CHF3/c1-10-14-4-12(21)5-15(22)18(14)30-17(10)8-25-20(29)26-13-6-23-19(24-7-13)27-16(9-28)11-2-3-11;1-2;2-1(3)4/h4-7,11,16,28H,2-3,8-9H2,1H3,(H,23,24,27)(H2,25,26,29);1-2H3;1H. The number of nitrogens with zero attached hydrogens (tertiary/aromatic N) is 2. The number of carbonyl (C=O) groups is 1. The summed E-state index contributed by atoms with van der Waals surface area (Å²) in [5.74, 6) is -0.343. The largest absolute Gasteiger partial charge is 0.456 e. The lowest BCUT2D eigenvalue weighted by Gasteiger charge is -2.15. The van der Waals surface area contributed by atoms with Crippen molar-refractivity contribution in [2.24, 2.45) is 5.92 Å². The van der Waals surface area contributed by atoms with Crippen LogP contribution in [0.3, 0.4) is 0 Å². The number of anilines is 2. The summed E-state index contributed by atoms with van der Waals surface area (Å²) in [6.45, 7) is 2.00. The minimum absolute atomic E-state index is 0.00648. The molecule has 3 aromatic rings. The van der Waals surface area contributed by atoms with Crippen molar-refractivity contribution in [3.8, 4) is 0 Å². The molecule has 1 aliphatic carbocycles. The molecule has 8 nitrogen and oxygen atoms in total. The van der Waals surface area contributed by atoms with Gasteiger partial charge in [0, 0.05) is 17.0 Å². The molecule has 0 spiro atoms. The van der Waals surface area contributed by atoms with E-state index in [9.17, 15) is 31.9 Å². The van der Waals surface area contributed by atoms with E-state index >= 15 is 0 Å². The van der Waals surface area contributed by atoms with Crippen LogP contribution in [0.4, 0.5) is 38.4 Å². The fraction of sp³-hybridized carbons (Fsp3) is 0.435. The summed E-state index contributed by atoms with van der Waals surface area (Å²) < 4.78 is 61.7. The van der Waals surface area contributed by atoms with Gasteiger partial charge in [0.2, 0.25) is 5.95 Å². The summed E-state index contributed by atoms with van der Waals surface area (Å²) in [6.07, 6.45) is 5.04. The van der Waals surface area contributed by atoms with E-state index in [2.05, 4.69) is 25.9 Å². The SMILES string of the molecule is CC.Cc1c(CNC(=O)Nc2cnc(NC(CO)C3CC3)nc2)oc2c(F)cc(F)cc12.FC(F)F. The quantitative estimate of drug-likeness (QED) is 0.307. The number of carbonyl (C=O) groups excluding carboxylic acids is 1. The maximum atomic E-state index is 13.8. The second kappa shape index (κ2) is 13.6. The van der Waals surface area contributed by atoms with E-state index in [1.807, 2.05) is 13.8 Å². The number of hydrogen-bond donors (Lipinski definition) is 4. The van der Waals surface area contributed by atoms with Gasteiger partial charge >= 0.3 is 12.7 Å². The molecule has 0 aliphatic heterocycles. The lowest BCUT2D eigenvalue weighted by atomic mass is 10.1. The number of alkyl halides is 3. The number of furan rings is 1. The minimum Gasteiger partial charge on any atom is -0.456 e. The zero-order valence-electron chi connectivity index (χ0n) is 19.9. The molecule has 1 saturated carbocycles. The van der Waals surface area contributed by atoms with Crippen LogP contribution in [0.25, 0.3) is 11.0 Å². The molecule has 1 atom stereocenters. The molecule has 1 unspecified atom stereocenters. The zero-order chi connectivity index (χ0) is 26.8. The molecule has 13 heteroatoms. The van der Waals surface area contributed by atoms with Gasteiger partial charge in [0.15, 0.2) is 11.4 Å². The lowest BCUT2D eigenvalue weighted by Crippen LogP contribution is -2.29. The highest BCUT2D eigenvalue weighted by molar-refractivity contribution is 5.89. The number of amides is 2. The summed E-state index contributed by atoms with van der Waals surface area (Å²) in [7, 11) is 0. The first-order chi connectivity index (χ1) is 17.2. The van der Waals surface area contributed by atoms with Crippen molar-refractivity contribution in [1.29, 1.82) is 0 Å². The van der Waals surface area contributed by atoms with Crippen LogP contribution in [0.15, 0.2) is 28.9 Å². The molecular formula is C23H28F5N5O3. The Balaban J connectivity index is 0.000000694. The van der Waals surface area contributed by atoms with Gasteiger partial charge in [-0.1, -0.05) is 13.8 Å². The molecule has 0 saturated heterocycles. The molecule has 2 aromatic heterocycles. The molecule has 1 aromatic carbocycles. The second-order valence-corrected chi connectivity index (χ2v) is 7.54. The first-order valence-electron chi connectivity index (χ1n) is 11.2. The van der Waals surface area contributed by atoms with Crippen LogP contribution < -0.4 is 16.0 Å². The molecule has 2 heterocycles. The Morgan fingerprint density at radius 2 is 1.78 bits per heavy atom. The van der Waals surface area contributed by atoms with Crippen LogP contribution in [0.1, 0.15) is 38.0 Å². The molecule has 4 rings (SSSR count). The Labute approximate surface area is 204 Å². The van der Waals surface area contributed by atoms with E-state index in [-0.39, 0.29) is 24.8 Å². The second-order valence-electron chi connectivity index (χ2n) is 7.54. The summed E-state index contributed by atoms with van der Waals surface area (Å²) in [5.41, 5.74) is 0.881. The van der Waals surface area contributed by atoms with Crippen molar-refractivity contribution < 1.29 is 36.3 Å². The number of aliphatic hydroxyl groups excluding tert-OH is 1.